The number of hydrogen-bond acceptors (Lipinski definition) is 3. The molecule has 6 heteroatoms. The Bertz CT molecular complexity index is 488. The second-order valence-corrected chi connectivity index (χ2v) is 2.88. The molecule has 1 heterocycles. The molecule has 0 radical (unpaired) electrons. The van der Waals surface area contributed by atoms with Crippen molar-refractivity contribution < 1.29 is 14.7 Å². The summed E-state index contributed by atoms with van der Waals surface area (Å²) in [7, 11) is 0. The van der Waals surface area contributed by atoms with Gasteiger partial charge in [0.05, 0.1) is 5.02 Å². The Morgan fingerprint density at radius 3 is 2.67 bits per heavy atom. The number of hydrogen-bond donors (Lipinski definition) is 2. The molecule has 0 saturated heterocycles. The van der Waals surface area contributed by atoms with Crippen LogP contribution in [0.2, 0.25) is 5.02 Å². The van der Waals surface area contributed by atoms with Gasteiger partial charge >= 0.3 is 5.97 Å². The van der Waals surface area contributed by atoms with Crippen LogP contribution in [0.5, 0.6) is 0 Å². The molecule has 0 aliphatic rings. The number of carbonyl (C=O) groups excluding carboxylic acids is 1. The number of aromatic carboxylic acids is 1. The number of rotatable bonds is 1. The lowest BCUT2D eigenvalue weighted by Gasteiger charge is -1.97. The number of primary amides is 1. The van der Waals surface area contributed by atoms with Gasteiger partial charge in [-0.05, 0) is 6.07 Å². The van der Waals surface area contributed by atoms with Gasteiger partial charge < -0.3 is 10.8 Å². The molecular formula is C9H5ClN2O3. The lowest BCUT2D eigenvalue weighted by Crippen LogP contribution is -2.06. The van der Waals surface area contributed by atoms with E-state index in [-0.39, 0.29) is 10.7 Å². The smallest absolute Gasteiger partial charge is 0.356 e. The monoisotopic (exact) mass is 224 g/mol. The Morgan fingerprint density at radius 2 is 2.20 bits per heavy atom. The van der Waals surface area contributed by atoms with Crippen LogP contribution in [-0.4, -0.2) is 22.0 Å². The van der Waals surface area contributed by atoms with E-state index in [0.717, 1.165) is 0 Å². The molecule has 3 N–H and O–H groups in total. The SMILES string of the molecule is NC(=O)C#Cc1cnc(C(=O)O)c(Cl)c1. The summed E-state index contributed by atoms with van der Waals surface area (Å²) in [6.07, 6.45) is 1.20. The van der Waals surface area contributed by atoms with Gasteiger partial charge in [0.2, 0.25) is 0 Å². The Kier molecular flexibility index (Phi) is 3.26. The first-order chi connectivity index (χ1) is 7.00. The number of nitrogens with two attached hydrogens (primary N) is 1. The highest BCUT2D eigenvalue weighted by atomic mass is 35.5. The van der Waals surface area contributed by atoms with Crippen molar-refractivity contribution in [1.29, 1.82) is 0 Å². The fourth-order valence-electron chi connectivity index (χ4n) is 0.797. The number of carbonyl (C=O) groups is 2. The largest absolute Gasteiger partial charge is 0.476 e. The molecule has 0 spiro atoms. The molecule has 1 amide bonds. The molecule has 0 atom stereocenters. The van der Waals surface area contributed by atoms with Crippen LogP contribution in [0.15, 0.2) is 12.3 Å². The fraction of sp³-hybridized carbons (Fsp3) is 0. The van der Waals surface area contributed by atoms with Gasteiger partial charge in [0.25, 0.3) is 5.91 Å². The van der Waals surface area contributed by atoms with Crippen molar-refractivity contribution in [2.45, 2.75) is 0 Å². The van der Waals surface area contributed by atoms with E-state index in [4.69, 9.17) is 22.4 Å². The lowest BCUT2D eigenvalue weighted by atomic mass is 10.2. The van der Waals surface area contributed by atoms with Crippen LogP contribution in [0.3, 0.4) is 0 Å². The number of aromatic nitrogens is 1. The minimum atomic E-state index is -1.23. The fourth-order valence-corrected chi connectivity index (χ4v) is 1.04. The highest BCUT2D eigenvalue weighted by molar-refractivity contribution is 6.33. The first kappa shape index (κ1) is 11.0. The predicted octanol–water partition coefficient (Wildman–Crippen LogP) is 0.270. The quantitative estimate of drug-likeness (QED) is 0.670. The molecule has 1 rings (SSSR count). The Balaban J connectivity index is 3.09. The molecule has 76 valence electrons. The van der Waals surface area contributed by atoms with Crippen molar-refractivity contribution in [3.05, 3.63) is 28.5 Å². The van der Waals surface area contributed by atoms with Crippen molar-refractivity contribution in [2.75, 3.05) is 0 Å². The van der Waals surface area contributed by atoms with Gasteiger partial charge in [-0.3, -0.25) is 4.79 Å². The number of amides is 1. The van der Waals surface area contributed by atoms with E-state index >= 15 is 0 Å². The zero-order valence-electron chi connectivity index (χ0n) is 7.32. The summed E-state index contributed by atoms with van der Waals surface area (Å²) in [6.45, 7) is 0. The summed E-state index contributed by atoms with van der Waals surface area (Å²) in [5.74, 6) is 2.46. The lowest BCUT2D eigenvalue weighted by molar-refractivity contribution is -0.112. The highest BCUT2D eigenvalue weighted by Crippen LogP contribution is 2.14. The van der Waals surface area contributed by atoms with E-state index in [1.807, 2.05) is 0 Å². The molecule has 0 unspecified atom stereocenters. The van der Waals surface area contributed by atoms with Crippen LogP contribution < -0.4 is 5.73 Å². The summed E-state index contributed by atoms with van der Waals surface area (Å²) in [5, 5.41) is 8.57. The minimum Gasteiger partial charge on any atom is -0.476 e. The molecule has 1 aromatic heterocycles. The molecule has 0 fully saturated rings. The number of carboxylic acids is 1. The Labute approximate surface area is 89.9 Å². The Morgan fingerprint density at radius 1 is 1.53 bits per heavy atom. The van der Waals surface area contributed by atoms with Crippen LogP contribution in [0.25, 0.3) is 0 Å². The maximum absolute atomic E-state index is 10.5. The van der Waals surface area contributed by atoms with Crippen molar-refractivity contribution in [3.8, 4) is 11.8 Å². The van der Waals surface area contributed by atoms with Crippen LogP contribution >= 0.6 is 11.6 Å². The maximum Gasteiger partial charge on any atom is 0.356 e. The standard InChI is InChI=1S/C9H5ClN2O3/c10-6-3-5(1-2-7(11)13)4-12-8(6)9(14)15/h3-4H,(H2,11,13)(H,14,15). The van der Waals surface area contributed by atoms with Gasteiger partial charge in [-0.1, -0.05) is 17.5 Å². The number of nitrogens with zero attached hydrogens (tertiary/aromatic N) is 1. The van der Waals surface area contributed by atoms with E-state index in [1.165, 1.54) is 12.3 Å². The molecule has 1 aromatic rings. The molecular weight excluding hydrogens is 220 g/mol. The van der Waals surface area contributed by atoms with Crippen molar-refractivity contribution >= 4 is 23.5 Å². The molecule has 0 aliphatic carbocycles. The first-order valence-corrected chi connectivity index (χ1v) is 4.09. The minimum absolute atomic E-state index is 0.0428. The zero-order chi connectivity index (χ0) is 11.4. The first-order valence-electron chi connectivity index (χ1n) is 3.71. The summed E-state index contributed by atoms with van der Waals surface area (Å²) in [5.41, 5.74) is 4.86. The number of pyridine rings is 1. The zero-order valence-corrected chi connectivity index (χ0v) is 8.08. The summed E-state index contributed by atoms with van der Waals surface area (Å²) in [4.78, 5) is 24.4. The molecule has 0 bridgehead atoms. The van der Waals surface area contributed by atoms with E-state index in [9.17, 15) is 9.59 Å². The number of carboxylic acid groups (broad SMARTS) is 1. The maximum atomic E-state index is 10.5. The molecule has 0 aromatic carbocycles. The van der Waals surface area contributed by atoms with Gasteiger partial charge in [0.1, 0.15) is 0 Å². The average Bonchev–Trinajstić information content (AvgIpc) is 2.14. The summed E-state index contributed by atoms with van der Waals surface area (Å²) >= 11 is 5.61. The van der Waals surface area contributed by atoms with E-state index in [1.54, 1.807) is 0 Å². The van der Waals surface area contributed by atoms with E-state index in [0.29, 0.717) is 5.56 Å². The van der Waals surface area contributed by atoms with Gasteiger partial charge in [-0.2, -0.15) is 0 Å². The predicted molar refractivity (Wildman–Crippen MR) is 52.3 cm³/mol. The van der Waals surface area contributed by atoms with Crippen molar-refractivity contribution in [1.82, 2.24) is 4.98 Å². The normalized spacial score (nSPS) is 8.87. The third kappa shape index (κ3) is 2.97. The summed E-state index contributed by atoms with van der Waals surface area (Å²) < 4.78 is 0. The van der Waals surface area contributed by atoms with Crippen LogP contribution in [0.4, 0.5) is 0 Å². The molecule has 5 nitrogen and oxygen atoms in total. The molecule has 0 saturated carbocycles. The van der Waals surface area contributed by atoms with Gasteiger partial charge in [-0.15, -0.1) is 0 Å². The second-order valence-electron chi connectivity index (χ2n) is 2.47. The van der Waals surface area contributed by atoms with Crippen molar-refractivity contribution in [2.24, 2.45) is 5.73 Å². The highest BCUT2D eigenvalue weighted by Gasteiger charge is 2.09. The summed E-state index contributed by atoms with van der Waals surface area (Å²) in [6, 6.07) is 1.30. The van der Waals surface area contributed by atoms with Gasteiger partial charge in [0, 0.05) is 17.7 Å². The average molecular weight is 225 g/mol. The van der Waals surface area contributed by atoms with Gasteiger partial charge in [-0.25, -0.2) is 9.78 Å². The third-order valence-corrected chi connectivity index (χ3v) is 1.66. The molecule has 15 heavy (non-hydrogen) atoms. The molecule has 0 aliphatic heterocycles. The van der Waals surface area contributed by atoms with Crippen molar-refractivity contribution in [3.63, 3.8) is 0 Å². The van der Waals surface area contributed by atoms with Crippen LogP contribution in [0, 0.1) is 11.8 Å². The van der Waals surface area contributed by atoms with E-state index in [2.05, 4.69) is 16.8 Å². The van der Waals surface area contributed by atoms with Crippen LogP contribution in [-0.2, 0) is 4.79 Å². The van der Waals surface area contributed by atoms with Gasteiger partial charge in [0.15, 0.2) is 5.69 Å². The number of halogens is 1. The topological polar surface area (TPSA) is 93.3 Å². The van der Waals surface area contributed by atoms with E-state index < -0.39 is 11.9 Å². The second kappa shape index (κ2) is 4.44. The third-order valence-electron chi connectivity index (χ3n) is 1.37. The Hall–Kier alpha value is -2.06. The van der Waals surface area contributed by atoms with Crippen LogP contribution in [0.1, 0.15) is 16.1 Å².